The first-order chi connectivity index (χ1) is 35.4. The van der Waals surface area contributed by atoms with Crippen LogP contribution < -0.4 is 25.2 Å². The molecular weight excluding hydrogens is 939 g/mol. The van der Waals surface area contributed by atoms with Crippen molar-refractivity contribution in [2.75, 3.05) is 54.4 Å². The second kappa shape index (κ2) is 20.4. The number of imide groups is 1. The van der Waals surface area contributed by atoms with Gasteiger partial charge in [-0.05, 0) is 147 Å². The maximum atomic E-state index is 13.7. The van der Waals surface area contributed by atoms with Gasteiger partial charge in [-0.25, -0.2) is 14.8 Å². The number of ether oxygens (including phenoxy) is 1. The molecule has 4 aromatic carbocycles. The maximum absolute atomic E-state index is 13.7. The number of para-hydroxylation sites is 1. The van der Waals surface area contributed by atoms with Crippen LogP contribution in [0.5, 0.6) is 5.75 Å². The van der Waals surface area contributed by atoms with Crippen LogP contribution in [-0.2, 0) is 29.6 Å². The molecule has 11 rings (SSSR count). The first kappa shape index (κ1) is 48.1. The molecule has 1 aliphatic carbocycles. The highest BCUT2D eigenvalue weighted by Crippen LogP contribution is 2.39. The minimum absolute atomic E-state index is 0.0205. The Bertz CT molecular complexity index is 3230. The number of carboxylic acid groups (broad SMARTS) is 1. The molecule has 2 atom stereocenters. The topological polar surface area (TPSA) is 175 Å². The van der Waals surface area contributed by atoms with Crippen LogP contribution in [0.3, 0.4) is 0 Å². The van der Waals surface area contributed by atoms with E-state index in [-0.39, 0.29) is 29.5 Å². The number of rotatable bonds is 13. The van der Waals surface area contributed by atoms with E-state index in [2.05, 4.69) is 55.4 Å². The summed E-state index contributed by atoms with van der Waals surface area (Å²) in [5, 5.41) is 22.3. The number of piperidine rings is 1. The van der Waals surface area contributed by atoms with Crippen molar-refractivity contribution in [2.45, 2.75) is 83.8 Å². The summed E-state index contributed by atoms with van der Waals surface area (Å²) in [4.78, 5) is 67.4. The number of carbonyl (C=O) groups excluding carboxylic acids is 3. The third kappa shape index (κ3) is 9.89. The third-order valence-electron chi connectivity index (χ3n) is 15.9. The minimum Gasteiger partial charge on any atom is -0.490 e. The van der Waals surface area contributed by atoms with Crippen molar-refractivity contribution in [1.82, 2.24) is 30.0 Å². The van der Waals surface area contributed by atoms with Crippen molar-refractivity contribution in [2.24, 2.45) is 18.9 Å². The predicted octanol–water partition coefficient (Wildman–Crippen LogP) is 9.37. The van der Waals surface area contributed by atoms with Crippen molar-refractivity contribution in [3.05, 3.63) is 125 Å². The highest BCUT2D eigenvalue weighted by molar-refractivity contribution is 7.22. The fourth-order valence-electron chi connectivity index (χ4n) is 11.6. The van der Waals surface area contributed by atoms with Crippen LogP contribution in [-0.4, -0.2) is 98.8 Å². The molecule has 376 valence electrons. The number of aromatic nitrogens is 4. The van der Waals surface area contributed by atoms with Gasteiger partial charge in [-0.3, -0.25) is 34.6 Å². The lowest BCUT2D eigenvalue weighted by atomic mass is 9.78. The van der Waals surface area contributed by atoms with Gasteiger partial charge in [0.1, 0.15) is 11.6 Å². The van der Waals surface area contributed by atoms with Crippen LogP contribution in [0.1, 0.15) is 101 Å². The highest BCUT2D eigenvalue weighted by atomic mass is 32.1. The lowest BCUT2D eigenvalue weighted by molar-refractivity contribution is -0.134. The molecular formula is C57H61N9O6S. The lowest BCUT2D eigenvalue weighted by Crippen LogP contribution is -2.47. The number of piperazine rings is 1. The highest BCUT2D eigenvalue weighted by Gasteiger charge is 2.33. The Morgan fingerprint density at radius 2 is 1.67 bits per heavy atom. The number of aromatic carboxylic acids is 1. The summed E-state index contributed by atoms with van der Waals surface area (Å²) in [6.45, 7) is 10.5. The monoisotopic (exact) mass is 999 g/mol. The second-order valence-corrected chi connectivity index (χ2v) is 21.3. The number of hydrogen-bond donors (Lipinski definition) is 3. The molecule has 2 saturated heterocycles. The van der Waals surface area contributed by atoms with E-state index in [4.69, 9.17) is 14.8 Å². The number of amides is 3. The van der Waals surface area contributed by atoms with E-state index < -0.39 is 11.9 Å². The molecule has 4 aliphatic rings. The van der Waals surface area contributed by atoms with Gasteiger partial charge in [0.2, 0.25) is 11.8 Å². The number of carbonyl (C=O) groups is 4. The first-order valence-electron chi connectivity index (χ1n) is 25.8. The van der Waals surface area contributed by atoms with Crippen LogP contribution in [0.15, 0.2) is 91.0 Å². The van der Waals surface area contributed by atoms with Crippen LogP contribution in [0.2, 0.25) is 0 Å². The fraction of sp³-hybridized carbons (Fsp3) is 0.386. The Labute approximate surface area is 428 Å². The number of nitrogens with one attached hydrogen (secondary N) is 2. The zero-order valence-corrected chi connectivity index (χ0v) is 42.4. The Hall–Kier alpha value is -7.17. The summed E-state index contributed by atoms with van der Waals surface area (Å²) in [5.41, 5.74) is 8.49. The molecule has 73 heavy (non-hydrogen) atoms. The Morgan fingerprint density at radius 3 is 2.47 bits per heavy atom. The van der Waals surface area contributed by atoms with Gasteiger partial charge in [-0.15, -0.1) is 0 Å². The standard InChI is InChI=1S/C57H61N9O6S/c1-34(24-26-64-28-30-65(31-29-64)38-16-19-43-47(32-38)63(3)62-52(43)44-21-23-51(67)60-55(44)69)36-14-17-39(18-15-36)72-48-12-7-9-40(35(48)2)41-20-22-50(59-53(41)56(70)71)66-27-25-37-8-6-10-42(45(37)33-66)54(68)61-57-58-46-11-4-5-13-49(46)73-57/h4-13,16,19-20,22,32,34,36,39,44H,14-15,17-18,21,23-31,33H2,1-3H3,(H,70,71)(H,58,61,68)(H,60,67,69)/t34-,36?,39?,44?/m1/s1. The van der Waals surface area contributed by atoms with E-state index in [0.29, 0.717) is 66.3 Å². The lowest BCUT2D eigenvalue weighted by Gasteiger charge is -2.37. The zero-order valence-electron chi connectivity index (χ0n) is 41.6. The first-order valence-corrected chi connectivity index (χ1v) is 26.6. The van der Waals surface area contributed by atoms with Crippen molar-refractivity contribution in [1.29, 1.82) is 0 Å². The average molecular weight is 1000 g/mol. The van der Waals surface area contributed by atoms with E-state index >= 15 is 0 Å². The van der Waals surface area contributed by atoms with E-state index in [1.54, 1.807) is 0 Å². The van der Waals surface area contributed by atoms with E-state index in [9.17, 15) is 24.3 Å². The molecule has 0 bridgehead atoms. The Balaban J connectivity index is 0.673. The summed E-state index contributed by atoms with van der Waals surface area (Å²) in [6.07, 6.45) is 6.95. The quantitative estimate of drug-likeness (QED) is 0.0936. The second-order valence-electron chi connectivity index (χ2n) is 20.3. The number of hydrogen-bond acceptors (Lipinski definition) is 12. The van der Waals surface area contributed by atoms with Crippen LogP contribution in [0.4, 0.5) is 16.6 Å². The smallest absolute Gasteiger partial charge is 0.355 e. The van der Waals surface area contributed by atoms with Gasteiger partial charge in [0.05, 0.1) is 33.4 Å². The number of carboxylic acids is 1. The summed E-state index contributed by atoms with van der Waals surface area (Å²) < 4.78 is 9.58. The molecule has 0 spiro atoms. The maximum Gasteiger partial charge on any atom is 0.355 e. The zero-order chi connectivity index (χ0) is 50.3. The average Bonchev–Trinajstić information content (AvgIpc) is 3.97. The van der Waals surface area contributed by atoms with Gasteiger partial charge >= 0.3 is 5.97 Å². The Morgan fingerprint density at radius 1 is 0.863 bits per heavy atom. The summed E-state index contributed by atoms with van der Waals surface area (Å²) in [7, 11) is 1.92. The number of pyridine rings is 1. The van der Waals surface area contributed by atoms with Crippen molar-refractivity contribution < 1.29 is 29.0 Å². The molecule has 1 saturated carbocycles. The molecule has 3 aliphatic heterocycles. The van der Waals surface area contributed by atoms with Crippen LogP contribution in [0, 0.1) is 18.8 Å². The number of benzene rings is 4. The van der Waals surface area contributed by atoms with Crippen LogP contribution in [0.25, 0.3) is 32.2 Å². The van der Waals surface area contributed by atoms with Crippen molar-refractivity contribution in [3.63, 3.8) is 0 Å². The predicted molar refractivity (Wildman–Crippen MR) is 285 cm³/mol. The fourth-order valence-corrected chi connectivity index (χ4v) is 12.5. The molecule has 16 heteroatoms. The molecule has 3 fully saturated rings. The SMILES string of the molecule is Cc1c(OC2CCC([C@H](C)CCN3CCN(c4ccc5c(C6CCC(=O)NC6=O)nn(C)c5c4)CC3)CC2)cccc1-c1ccc(N2CCc3cccc(C(=O)Nc4nc5ccccc5s4)c3C2)nc1C(=O)O. The molecule has 3 N–H and O–H groups in total. The van der Waals surface area contributed by atoms with E-state index in [1.807, 2.05) is 91.4 Å². The van der Waals surface area contributed by atoms with Crippen molar-refractivity contribution in [3.8, 4) is 16.9 Å². The van der Waals surface area contributed by atoms with E-state index in [1.165, 1.54) is 11.3 Å². The Kier molecular flexibility index (Phi) is 13.4. The molecule has 3 amide bonds. The molecule has 1 unspecified atom stereocenters. The number of nitrogens with zero attached hydrogens (tertiary/aromatic N) is 7. The third-order valence-corrected chi connectivity index (χ3v) is 16.9. The van der Waals surface area contributed by atoms with Gasteiger partial charge in [0.15, 0.2) is 10.8 Å². The van der Waals surface area contributed by atoms with Crippen LogP contribution >= 0.6 is 11.3 Å². The minimum atomic E-state index is -1.10. The summed E-state index contributed by atoms with van der Waals surface area (Å²) >= 11 is 1.44. The van der Waals surface area contributed by atoms with Gasteiger partial charge in [-0.2, -0.15) is 5.10 Å². The number of thiazole rings is 1. The van der Waals surface area contributed by atoms with Gasteiger partial charge in [-0.1, -0.05) is 54.7 Å². The number of aryl methyl sites for hydroxylation is 1. The van der Waals surface area contributed by atoms with E-state index in [0.717, 1.165) is 125 Å². The molecule has 15 nitrogen and oxygen atoms in total. The molecule has 6 heterocycles. The summed E-state index contributed by atoms with van der Waals surface area (Å²) in [5.74, 6) is 0.356. The number of fused-ring (bicyclic) bond motifs is 3. The number of anilines is 3. The van der Waals surface area contributed by atoms with Gasteiger partial charge < -0.3 is 19.6 Å². The van der Waals surface area contributed by atoms with Gasteiger partial charge in [0, 0.05) is 74.9 Å². The summed E-state index contributed by atoms with van der Waals surface area (Å²) in [6, 6.07) is 29.6. The largest absolute Gasteiger partial charge is 0.490 e. The normalized spacial score (nSPS) is 20.0. The van der Waals surface area contributed by atoms with Crippen molar-refractivity contribution >= 4 is 72.8 Å². The molecule has 3 aromatic heterocycles. The van der Waals surface area contributed by atoms with Gasteiger partial charge in [0.25, 0.3) is 5.91 Å². The molecule has 7 aromatic rings. The molecule has 0 radical (unpaired) electrons.